The molecule has 2 amide bonds. The molecule has 0 bridgehead atoms. The molecule has 0 atom stereocenters. The first kappa shape index (κ1) is 18.8. The Morgan fingerprint density at radius 3 is 2.54 bits per heavy atom. The molecule has 2 aliphatic rings. The molecular weight excluding hydrogens is 333 g/mol. The van der Waals surface area contributed by atoms with Gasteiger partial charge in [-0.2, -0.15) is 0 Å². The van der Waals surface area contributed by atoms with Crippen LogP contribution in [0.25, 0.3) is 0 Å². The Labute approximate surface area is 154 Å². The Morgan fingerprint density at radius 1 is 1.23 bits per heavy atom. The third-order valence-corrected chi connectivity index (χ3v) is 5.73. The molecule has 1 aliphatic heterocycles. The maximum absolute atomic E-state index is 13.7. The Hall–Kier alpha value is -1.95. The van der Waals surface area contributed by atoms with Gasteiger partial charge in [0.1, 0.15) is 5.82 Å². The summed E-state index contributed by atoms with van der Waals surface area (Å²) < 4.78 is 13.7. The number of carbonyl (C=O) groups is 2. The molecule has 0 unspecified atom stereocenters. The van der Waals surface area contributed by atoms with E-state index < -0.39 is 5.54 Å². The van der Waals surface area contributed by atoms with Crippen LogP contribution in [0.5, 0.6) is 0 Å². The van der Waals surface area contributed by atoms with Gasteiger partial charge in [-0.1, -0.05) is 25.0 Å². The molecule has 2 fully saturated rings. The average Bonchev–Trinajstić information content (AvgIpc) is 3.09. The molecule has 142 valence electrons. The first-order valence-electron chi connectivity index (χ1n) is 9.65. The quantitative estimate of drug-likeness (QED) is 0.729. The van der Waals surface area contributed by atoms with Crippen molar-refractivity contribution < 1.29 is 18.9 Å². The lowest BCUT2D eigenvalue weighted by atomic mass is 9.80. The number of benzene rings is 1. The largest absolute Gasteiger partial charge is 0.348 e. The Kier molecular flexibility index (Phi) is 5.91. The topological polar surface area (TPSA) is 62.6 Å². The fourth-order valence-corrected chi connectivity index (χ4v) is 4.39. The molecule has 1 aliphatic carbocycles. The number of nitrogens with one attached hydrogen (secondary N) is 3. The number of piperidine rings is 1. The van der Waals surface area contributed by atoms with Gasteiger partial charge in [-0.05, 0) is 30.5 Å². The minimum Gasteiger partial charge on any atom is -0.348 e. The first-order chi connectivity index (χ1) is 12.5. The molecule has 3 rings (SSSR count). The fourth-order valence-electron chi connectivity index (χ4n) is 4.39. The molecule has 26 heavy (non-hydrogen) atoms. The van der Waals surface area contributed by atoms with Crippen molar-refractivity contribution in [1.82, 2.24) is 10.6 Å². The van der Waals surface area contributed by atoms with Gasteiger partial charge in [0.25, 0.3) is 5.91 Å². The van der Waals surface area contributed by atoms with Crippen LogP contribution in [-0.2, 0) is 15.1 Å². The Bertz CT molecular complexity index is 650. The standard InChI is InChI=1S/C20H28FN3O2/c1-15(25)23-20(16-5-4-6-17(21)13-16)9-11-24(12-10-20)14-19(26)22-18-7-2-3-8-18/h4-6,13,18H,2-3,7-12,14H2,1H3,(H,22,26)(H,23,25)/p+1. The van der Waals surface area contributed by atoms with E-state index in [1.807, 2.05) is 6.07 Å². The van der Waals surface area contributed by atoms with E-state index in [0.29, 0.717) is 25.4 Å². The highest BCUT2D eigenvalue weighted by Crippen LogP contribution is 2.30. The highest BCUT2D eigenvalue weighted by molar-refractivity contribution is 5.77. The van der Waals surface area contributed by atoms with Gasteiger partial charge >= 0.3 is 0 Å². The molecule has 1 saturated carbocycles. The van der Waals surface area contributed by atoms with Crippen LogP contribution in [0.2, 0.25) is 0 Å². The number of quaternary nitrogens is 1. The van der Waals surface area contributed by atoms with Crippen LogP contribution in [0.1, 0.15) is 51.0 Å². The van der Waals surface area contributed by atoms with Crippen LogP contribution in [0.3, 0.4) is 0 Å². The first-order valence-corrected chi connectivity index (χ1v) is 9.65. The molecule has 0 radical (unpaired) electrons. The SMILES string of the molecule is CC(=O)NC1(c2cccc(F)c2)CC[NH+](CC(=O)NC2CCCC2)CC1. The summed E-state index contributed by atoms with van der Waals surface area (Å²) in [5.41, 5.74) is 0.265. The van der Waals surface area contributed by atoms with E-state index in [2.05, 4.69) is 10.6 Å². The molecule has 0 aromatic heterocycles. The average molecular weight is 362 g/mol. The summed E-state index contributed by atoms with van der Waals surface area (Å²) in [5, 5.41) is 6.19. The zero-order valence-corrected chi connectivity index (χ0v) is 15.4. The van der Waals surface area contributed by atoms with Gasteiger partial charge in [0.2, 0.25) is 5.91 Å². The van der Waals surface area contributed by atoms with Crippen molar-refractivity contribution >= 4 is 11.8 Å². The molecule has 1 aromatic rings. The lowest BCUT2D eigenvalue weighted by Crippen LogP contribution is -3.14. The van der Waals surface area contributed by atoms with Crippen molar-refractivity contribution in [2.45, 2.75) is 57.0 Å². The van der Waals surface area contributed by atoms with E-state index in [0.717, 1.165) is 31.5 Å². The van der Waals surface area contributed by atoms with E-state index >= 15 is 0 Å². The second kappa shape index (κ2) is 8.16. The predicted octanol–water partition coefficient (Wildman–Crippen LogP) is 0.895. The zero-order valence-electron chi connectivity index (χ0n) is 15.4. The Balaban J connectivity index is 1.61. The van der Waals surface area contributed by atoms with Crippen LogP contribution in [0.4, 0.5) is 4.39 Å². The highest BCUT2D eigenvalue weighted by Gasteiger charge is 2.39. The number of hydrogen-bond acceptors (Lipinski definition) is 2. The summed E-state index contributed by atoms with van der Waals surface area (Å²) in [6.07, 6.45) is 5.98. The van der Waals surface area contributed by atoms with Crippen molar-refractivity contribution in [2.75, 3.05) is 19.6 Å². The van der Waals surface area contributed by atoms with Gasteiger partial charge in [0.05, 0.1) is 18.6 Å². The lowest BCUT2D eigenvalue weighted by molar-refractivity contribution is -0.898. The van der Waals surface area contributed by atoms with Crippen LogP contribution in [0, 0.1) is 5.82 Å². The predicted molar refractivity (Wildman–Crippen MR) is 97.1 cm³/mol. The third kappa shape index (κ3) is 4.61. The highest BCUT2D eigenvalue weighted by atomic mass is 19.1. The van der Waals surface area contributed by atoms with E-state index in [1.165, 1.54) is 36.8 Å². The molecule has 1 heterocycles. The third-order valence-electron chi connectivity index (χ3n) is 5.73. The fraction of sp³-hybridized carbons (Fsp3) is 0.600. The number of hydrogen-bond donors (Lipinski definition) is 3. The van der Waals surface area contributed by atoms with Crippen LogP contribution >= 0.6 is 0 Å². The summed E-state index contributed by atoms with van der Waals surface area (Å²) in [4.78, 5) is 25.2. The molecule has 6 heteroatoms. The molecule has 1 aromatic carbocycles. The van der Waals surface area contributed by atoms with Gasteiger partial charge in [0, 0.05) is 25.8 Å². The van der Waals surface area contributed by atoms with Gasteiger partial charge < -0.3 is 15.5 Å². The summed E-state index contributed by atoms with van der Waals surface area (Å²) in [5.74, 6) is -0.292. The molecule has 0 spiro atoms. The van der Waals surface area contributed by atoms with Crippen LogP contribution in [-0.4, -0.2) is 37.5 Å². The van der Waals surface area contributed by atoms with Crippen molar-refractivity contribution in [1.29, 1.82) is 0 Å². The smallest absolute Gasteiger partial charge is 0.275 e. The van der Waals surface area contributed by atoms with Crippen molar-refractivity contribution in [3.63, 3.8) is 0 Å². The van der Waals surface area contributed by atoms with Gasteiger partial charge in [0.15, 0.2) is 6.54 Å². The number of likely N-dealkylation sites (tertiary alicyclic amines) is 1. The van der Waals surface area contributed by atoms with E-state index in [9.17, 15) is 14.0 Å². The molecule has 1 saturated heterocycles. The minimum atomic E-state index is -0.542. The van der Waals surface area contributed by atoms with E-state index in [4.69, 9.17) is 0 Å². The number of rotatable bonds is 5. The summed E-state index contributed by atoms with van der Waals surface area (Å²) >= 11 is 0. The summed E-state index contributed by atoms with van der Waals surface area (Å²) in [7, 11) is 0. The molecule has 3 N–H and O–H groups in total. The van der Waals surface area contributed by atoms with Crippen molar-refractivity contribution in [3.8, 4) is 0 Å². The number of carbonyl (C=O) groups excluding carboxylic acids is 2. The van der Waals surface area contributed by atoms with Crippen LogP contribution < -0.4 is 15.5 Å². The minimum absolute atomic E-state index is 0.114. The lowest BCUT2D eigenvalue weighted by Gasteiger charge is -2.40. The van der Waals surface area contributed by atoms with Crippen molar-refractivity contribution in [2.24, 2.45) is 0 Å². The van der Waals surface area contributed by atoms with E-state index in [1.54, 1.807) is 6.07 Å². The monoisotopic (exact) mass is 362 g/mol. The van der Waals surface area contributed by atoms with E-state index in [-0.39, 0.29) is 17.6 Å². The molecule has 5 nitrogen and oxygen atoms in total. The second-order valence-electron chi connectivity index (χ2n) is 7.75. The van der Waals surface area contributed by atoms with Gasteiger partial charge in [-0.3, -0.25) is 9.59 Å². The van der Waals surface area contributed by atoms with Crippen molar-refractivity contribution in [3.05, 3.63) is 35.6 Å². The molecular formula is C20H29FN3O2+. The second-order valence-corrected chi connectivity index (χ2v) is 7.75. The zero-order chi connectivity index (χ0) is 18.6. The maximum atomic E-state index is 13.7. The van der Waals surface area contributed by atoms with Crippen LogP contribution in [0.15, 0.2) is 24.3 Å². The summed E-state index contributed by atoms with van der Waals surface area (Å²) in [6, 6.07) is 6.82. The number of amides is 2. The Morgan fingerprint density at radius 2 is 1.92 bits per heavy atom. The maximum Gasteiger partial charge on any atom is 0.275 e. The van der Waals surface area contributed by atoms with Gasteiger partial charge in [-0.25, -0.2) is 4.39 Å². The summed E-state index contributed by atoms with van der Waals surface area (Å²) in [6.45, 7) is 3.51. The normalized spacial score (nSPS) is 26.5. The van der Waals surface area contributed by atoms with Gasteiger partial charge in [-0.15, -0.1) is 0 Å². The number of halogens is 1.